The van der Waals surface area contributed by atoms with Gasteiger partial charge in [-0.25, -0.2) is 4.98 Å². The number of ether oxygens (including phenoxy) is 1. The summed E-state index contributed by atoms with van der Waals surface area (Å²) in [6, 6.07) is 0. The Balaban J connectivity index is 2.66. The predicted molar refractivity (Wildman–Crippen MR) is 71.5 cm³/mol. The van der Waals surface area contributed by atoms with Crippen LogP contribution in [0.3, 0.4) is 0 Å². The third-order valence-electron chi connectivity index (χ3n) is 1.94. The number of aromatic nitrogens is 2. The molecule has 0 fully saturated rings. The molecule has 0 aliphatic carbocycles. The normalized spacial score (nSPS) is 11.2. The number of nitrogen functional groups attached to an aromatic ring is 1. The summed E-state index contributed by atoms with van der Waals surface area (Å²) in [5, 5.41) is 0.789. The molecule has 0 saturated carbocycles. The summed E-state index contributed by atoms with van der Waals surface area (Å²) < 4.78 is 5.51. The molecule has 0 aromatic carbocycles. The topological polar surface area (TPSA) is 64.3 Å². The number of hydrogen-bond acceptors (Lipinski definition) is 6. The Labute approximate surface area is 107 Å². The van der Waals surface area contributed by atoms with Crippen LogP contribution in [0.2, 0.25) is 0 Å². The lowest BCUT2D eigenvalue weighted by molar-refractivity contribution is 0.233. The van der Waals surface area contributed by atoms with E-state index in [0.29, 0.717) is 11.6 Å². The molecule has 1 rings (SSSR count). The van der Waals surface area contributed by atoms with E-state index in [1.807, 2.05) is 27.9 Å². The van der Waals surface area contributed by atoms with Crippen molar-refractivity contribution >= 4 is 17.4 Å². The van der Waals surface area contributed by atoms with Gasteiger partial charge >= 0.3 is 0 Å². The van der Waals surface area contributed by atoms with Crippen molar-refractivity contribution in [3.63, 3.8) is 0 Å². The van der Waals surface area contributed by atoms with Crippen LogP contribution in [0.1, 0.15) is 13.8 Å². The average Bonchev–Trinajstić information content (AvgIpc) is 2.22. The van der Waals surface area contributed by atoms with Crippen LogP contribution in [0.15, 0.2) is 11.4 Å². The predicted octanol–water partition coefficient (Wildman–Crippen LogP) is 1.50. The lowest BCUT2D eigenvalue weighted by atomic mass is 10.4. The van der Waals surface area contributed by atoms with Gasteiger partial charge in [-0.2, -0.15) is 4.98 Å². The van der Waals surface area contributed by atoms with Crippen molar-refractivity contribution in [2.45, 2.75) is 25.0 Å². The summed E-state index contributed by atoms with van der Waals surface area (Å²) in [4.78, 5) is 10.3. The standard InChI is InChI=1S/C11H20N4OS/c1-8(2)16-10-9(12)11(14-7-13-10)17-6-5-15(3)4/h7-8H,5-6,12H2,1-4H3. The summed E-state index contributed by atoms with van der Waals surface area (Å²) in [7, 11) is 4.08. The molecule has 2 N–H and O–H groups in total. The lowest BCUT2D eigenvalue weighted by Crippen LogP contribution is -2.15. The minimum Gasteiger partial charge on any atom is -0.473 e. The maximum atomic E-state index is 5.96. The van der Waals surface area contributed by atoms with Gasteiger partial charge in [0.15, 0.2) is 0 Å². The molecule has 6 heteroatoms. The number of nitrogens with zero attached hydrogens (tertiary/aromatic N) is 3. The first kappa shape index (κ1) is 14.1. The molecule has 0 saturated heterocycles. The molecule has 1 aromatic rings. The van der Waals surface area contributed by atoms with Crippen molar-refractivity contribution in [3.05, 3.63) is 6.33 Å². The molecule has 0 spiro atoms. The minimum absolute atomic E-state index is 0.0619. The van der Waals surface area contributed by atoms with Crippen LogP contribution in [0, 0.1) is 0 Å². The summed E-state index contributed by atoms with van der Waals surface area (Å²) in [5.74, 6) is 1.41. The second-order valence-electron chi connectivity index (χ2n) is 4.22. The highest BCUT2D eigenvalue weighted by atomic mass is 32.2. The van der Waals surface area contributed by atoms with Crippen molar-refractivity contribution in [1.29, 1.82) is 0 Å². The monoisotopic (exact) mass is 256 g/mol. The fraction of sp³-hybridized carbons (Fsp3) is 0.636. The SMILES string of the molecule is CC(C)Oc1ncnc(SCCN(C)C)c1N. The maximum Gasteiger partial charge on any atom is 0.241 e. The van der Waals surface area contributed by atoms with Crippen LogP contribution in [0.5, 0.6) is 5.88 Å². The smallest absolute Gasteiger partial charge is 0.241 e. The zero-order valence-corrected chi connectivity index (χ0v) is 11.6. The Morgan fingerprint density at radius 2 is 2.12 bits per heavy atom. The molecular weight excluding hydrogens is 236 g/mol. The summed E-state index contributed by atoms with van der Waals surface area (Å²) in [6.07, 6.45) is 1.55. The zero-order valence-electron chi connectivity index (χ0n) is 10.8. The highest BCUT2D eigenvalue weighted by Gasteiger charge is 2.10. The molecule has 5 nitrogen and oxygen atoms in total. The van der Waals surface area contributed by atoms with Gasteiger partial charge in [-0.15, -0.1) is 11.8 Å². The first-order chi connectivity index (χ1) is 8.00. The van der Waals surface area contributed by atoms with E-state index in [9.17, 15) is 0 Å². The number of nitrogens with two attached hydrogens (primary N) is 1. The highest BCUT2D eigenvalue weighted by Crippen LogP contribution is 2.28. The van der Waals surface area contributed by atoms with Gasteiger partial charge in [0.25, 0.3) is 0 Å². The zero-order chi connectivity index (χ0) is 12.8. The van der Waals surface area contributed by atoms with Crippen LogP contribution >= 0.6 is 11.8 Å². The maximum absolute atomic E-state index is 5.96. The number of thioether (sulfide) groups is 1. The van der Waals surface area contributed by atoms with Gasteiger partial charge in [-0.05, 0) is 27.9 Å². The third-order valence-corrected chi connectivity index (χ3v) is 2.92. The molecule has 0 amide bonds. The molecule has 0 radical (unpaired) electrons. The third kappa shape index (κ3) is 4.79. The van der Waals surface area contributed by atoms with E-state index in [1.165, 1.54) is 6.33 Å². The van der Waals surface area contributed by atoms with Crippen molar-refractivity contribution in [2.75, 3.05) is 32.1 Å². The van der Waals surface area contributed by atoms with E-state index in [4.69, 9.17) is 10.5 Å². The molecule has 0 aliphatic rings. The van der Waals surface area contributed by atoms with Crippen LogP contribution in [0.4, 0.5) is 5.69 Å². The summed E-state index contributed by atoms with van der Waals surface area (Å²) in [5.41, 5.74) is 6.50. The van der Waals surface area contributed by atoms with Gasteiger partial charge in [-0.3, -0.25) is 0 Å². The summed E-state index contributed by atoms with van der Waals surface area (Å²) in [6.45, 7) is 4.87. The molecule has 1 aromatic heterocycles. The van der Waals surface area contributed by atoms with Gasteiger partial charge in [0.1, 0.15) is 17.0 Å². The molecular formula is C11H20N4OS. The Hall–Kier alpha value is -1.01. The van der Waals surface area contributed by atoms with Crippen molar-refractivity contribution < 1.29 is 4.74 Å². The molecule has 0 atom stereocenters. The quantitative estimate of drug-likeness (QED) is 0.614. The first-order valence-electron chi connectivity index (χ1n) is 5.55. The Morgan fingerprint density at radius 1 is 1.41 bits per heavy atom. The average molecular weight is 256 g/mol. The molecule has 96 valence electrons. The largest absolute Gasteiger partial charge is 0.473 e. The van der Waals surface area contributed by atoms with E-state index in [1.54, 1.807) is 11.8 Å². The van der Waals surface area contributed by atoms with Crippen molar-refractivity contribution in [3.8, 4) is 5.88 Å². The first-order valence-corrected chi connectivity index (χ1v) is 6.54. The summed E-state index contributed by atoms with van der Waals surface area (Å²) >= 11 is 1.62. The number of rotatable bonds is 6. The van der Waals surface area contributed by atoms with Crippen molar-refractivity contribution in [2.24, 2.45) is 0 Å². The van der Waals surface area contributed by atoms with E-state index < -0.39 is 0 Å². The van der Waals surface area contributed by atoms with Crippen LogP contribution in [0.25, 0.3) is 0 Å². The van der Waals surface area contributed by atoms with E-state index >= 15 is 0 Å². The second-order valence-corrected chi connectivity index (χ2v) is 5.30. The molecule has 17 heavy (non-hydrogen) atoms. The Bertz CT molecular complexity index is 357. The number of anilines is 1. The van der Waals surface area contributed by atoms with E-state index in [-0.39, 0.29) is 6.10 Å². The van der Waals surface area contributed by atoms with E-state index in [0.717, 1.165) is 17.3 Å². The van der Waals surface area contributed by atoms with E-state index in [2.05, 4.69) is 14.9 Å². The van der Waals surface area contributed by atoms with Crippen LogP contribution in [-0.2, 0) is 0 Å². The van der Waals surface area contributed by atoms with Crippen molar-refractivity contribution in [1.82, 2.24) is 14.9 Å². The molecule has 1 heterocycles. The van der Waals surface area contributed by atoms with Gasteiger partial charge in [0.05, 0.1) is 6.10 Å². The fourth-order valence-corrected chi connectivity index (χ4v) is 2.14. The Morgan fingerprint density at radius 3 is 2.71 bits per heavy atom. The van der Waals surface area contributed by atoms with Crippen LogP contribution in [-0.4, -0.2) is 47.4 Å². The fourth-order valence-electron chi connectivity index (χ4n) is 1.12. The minimum atomic E-state index is 0.0619. The Kier molecular flexibility index (Phi) is 5.50. The van der Waals surface area contributed by atoms with Crippen LogP contribution < -0.4 is 10.5 Å². The number of hydrogen-bond donors (Lipinski definition) is 1. The molecule has 0 unspecified atom stereocenters. The molecule has 0 bridgehead atoms. The second kappa shape index (κ2) is 6.66. The van der Waals surface area contributed by atoms with Gasteiger partial charge in [-0.1, -0.05) is 0 Å². The highest BCUT2D eigenvalue weighted by molar-refractivity contribution is 7.99. The lowest BCUT2D eigenvalue weighted by Gasteiger charge is -2.13. The van der Waals surface area contributed by atoms with Gasteiger partial charge in [0.2, 0.25) is 5.88 Å². The van der Waals surface area contributed by atoms with Gasteiger partial charge < -0.3 is 15.4 Å². The molecule has 0 aliphatic heterocycles. The van der Waals surface area contributed by atoms with Gasteiger partial charge in [0, 0.05) is 12.3 Å².